The van der Waals surface area contributed by atoms with Crippen molar-refractivity contribution in [3.05, 3.63) is 54.6 Å². The van der Waals surface area contributed by atoms with E-state index in [0.29, 0.717) is 25.4 Å². The van der Waals surface area contributed by atoms with E-state index in [4.69, 9.17) is 4.74 Å². The highest BCUT2D eigenvalue weighted by Crippen LogP contribution is 2.30. The van der Waals surface area contributed by atoms with Gasteiger partial charge in [-0.3, -0.25) is 14.4 Å². The average Bonchev–Trinajstić information content (AvgIpc) is 3.21. The summed E-state index contributed by atoms with van der Waals surface area (Å²) in [5.41, 5.74) is 1.49. The Kier molecular flexibility index (Phi) is 6.21. The predicted octanol–water partition coefficient (Wildman–Crippen LogP) is 2.93. The summed E-state index contributed by atoms with van der Waals surface area (Å²) in [4.78, 5) is 41.8. The second-order valence-corrected chi connectivity index (χ2v) is 8.09. The molecule has 0 saturated carbocycles. The van der Waals surface area contributed by atoms with Gasteiger partial charge in [-0.15, -0.1) is 0 Å². The molecule has 2 aromatic carbocycles. The Morgan fingerprint density at radius 3 is 2.61 bits per heavy atom. The maximum atomic E-state index is 13.2. The number of methoxy groups -OCH3 is 1. The summed E-state index contributed by atoms with van der Waals surface area (Å²) < 4.78 is 5.24. The first kappa shape index (κ1) is 20.9. The Balaban J connectivity index is 1.38. The Labute approximate surface area is 182 Å². The fourth-order valence-corrected chi connectivity index (χ4v) is 4.32. The van der Waals surface area contributed by atoms with Crippen LogP contribution in [0.25, 0.3) is 0 Å². The normalized spacial score (nSPS) is 21.1. The van der Waals surface area contributed by atoms with Crippen molar-refractivity contribution in [2.75, 3.05) is 37.0 Å². The smallest absolute Gasteiger partial charge is 0.229 e. The van der Waals surface area contributed by atoms with Crippen molar-refractivity contribution in [1.82, 2.24) is 4.90 Å². The number of piperidine rings is 1. The Bertz CT molecular complexity index is 962. The maximum Gasteiger partial charge on any atom is 0.229 e. The van der Waals surface area contributed by atoms with Crippen molar-refractivity contribution >= 4 is 29.1 Å². The number of likely N-dealkylation sites (tertiary alicyclic amines) is 1. The average molecular weight is 421 g/mol. The molecule has 2 aromatic rings. The summed E-state index contributed by atoms with van der Waals surface area (Å²) >= 11 is 0. The van der Waals surface area contributed by atoms with Crippen LogP contribution in [0, 0.1) is 11.8 Å². The predicted molar refractivity (Wildman–Crippen MR) is 118 cm³/mol. The van der Waals surface area contributed by atoms with Crippen molar-refractivity contribution in [2.24, 2.45) is 11.8 Å². The molecule has 2 aliphatic rings. The highest BCUT2D eigenvalue weighted by molar-refractivity contribution is 6.00. The van der Waals surface area contributed by atoms with Crippen LogP contribution in [0.15, 0.2) is 54.6 Å². The number of benzene rings is 2. The van der Waals surface area contributed by atoms with Gasteiger partial charge in [0, 0.05) is 43.5 Å². The fraction of sp³-hybridized carbons (Fsp3) is 0.375. The number of para-hydroxylation sites is 1. The van der Waals surface area contributed by atoms with Crippen molar-refractivity contribution in [1.29, 1.82) is 0 Å². The molecule has 0 radical (unpaired) electrons. The van der Waals surface area contributed by atoms with Crippen LogP contribution < -0.4 is 15.0 Å². The Morgan fingerprint density at radius 1 is 1.03 bits per heavy atom. The largest absolute Gasteiger partial charge is 0.497 e. The van der Waals surface area contributed by atoms with Crippen LogP contribution in [0.1, 0.15) is 19.3 Å². The zero-order valence-electron chi connectivity index (χ0n) is 17.6. The molecule has 0 unspecified atom stereocenters. The van der Waals surface area contributed by atoms with Gasteiger partial charge in [-0.1, -0.05) is 24.3 Å². The van der Waals surface area contributed by atoms with Crippen LogP contribution in [0.3, 0.4) is 0 Å². The molecule has 162 valence electrons. The van der Waals surface area contributed by atoms with Gasteiger partial charge in [-0.25, -0.2) is 0 Å². The minimum Gasteiger partial charge on any atom is -0.497 e. The minimum atomic E-state index is -0.394. The van der Waals surface area contributed by atoms with Crippen LogP contribution in [0.2, 0.25) is 0 Å². The molecule has 0 spiro atoms. The van der Waals surface area contributed by atoms with E-state index in [1.807, 2.05) is 48.5 Å². The van der Waals surface area contributed by atoms with Gasteiger partial charge in [0.1, 0.15) is 5.75 Å². The summed E-state index contributed by atoms with van der Waals surface area (Å²) in [7, 11) is 1.58. The number of hydrogen-bond acceptors (Lipinski definition) is 4. The third-order valence-electron chi connectivity index (χ3n) is 5.98. The maximum absolute atomic E-state index is 13.2. The van der Waals surface area contributed by atoms with Gasteiger partial charge in [-0.05, 0) is 37.1 Å². The van der Waals surface area contributed by atoms with Crippen molar-refractivity contribution in [3.63, 3.8) is 0 Å². The molecule has 2 atom stereocenters. The van der Waals surface area contributed by atoms with E-state index >= 15 is 0 Å². The van der Waals surface area contributed by atoms with E-state index in [0.717, 1.165) is 24.2 Å². The molecule has 1 N–H and O–H groups in total. The molecular weight excluding hydrogens is 394 g/mol. The molecule has 2 heterocycles. The van der Waals surface area contributed by atoms with E-state index < -0.39 is 5.92 Å². The van der Waals surface area contributed by atoms with Crippen molar-refractivity contribution in [2.45, 2.75) is 19.3 Å². The third kappa shape index (κ3) is 4.71. The highest BCUT2D eigenvalue weighted by Gasteiger charge is 2.39. The minimum absolute atomic E-state index is 0.0454. The highest BCUT2D eigenvalue weighted by atomic mass is 16.5. The first-order valence-corrected chi connectivity index (χ1v) is 10.6. The number of carbonyl (C=O) groups is 3. The van der Waals surface area contributed by atoms with Gasteiger partial charge in [0.05, 0.1) is 18.9 Å². The molecule has 0 aromatic heterocycles. The van der Waals surface area contributed by atoms with Gasteiger partial charge < -0.3 is 19.9 Å². The number of nitrogens with zero attached hydrogens (tertiary/aromatic N) is 2. The standard InChI is InChI=1S/C24H27N3O4/c1-31-21-11-5-10-20(14-21)27-16-18(13-22(27)28)24(30)26-12-6-7-17(15-26)23(29)25-19-8-3-2-4-9-19/h2-5,8-11,14,17-18H,6-7,12-13,15-16H2,1H3,(H,25,29)/t17-,18-/m0/s1. The summed E-state index contributed by atoms with van der Waals surface area (Å²) in [6, 6.07) is 16.6. The zero-order chi connectivity index (χ0) is 21.8. The molecule has 7 heteroatoms. The topological polar surface area (TPSA) is 79.0 Å². The van der Waals surface area contributed by atoms with Crippen molar-refractivity contribution < 1.29 is 19.1 Å². The molecular formula is C24H27N3O4. The molecule has 0 bridgehead atoms. The number of carbonyl (C=O) groups excluding carboxylic acids is 3. The van der Waals surface area contributed by atoms with E-state index in [2.05, 4.69) is 5.32 Å². The van der Waals surface area contributed by atoms with Crippen LogP contribution in [-0.4, -0.2) is 49.4 Å². The van der Waals surface area contributed by atoms with E-state index in [-0.39, 0.29) is 30.1 Å². The molecule has 3 amide bonds. The van der Waals surface area contributed by atoms with E-state index in [9.17, 15) is 14.4 Å². The lowest BCUT2D eigenvalue weighted by Crippen LogP contribution is -2.46. The Morgan fingerprint density at radius 2 is 1.84 bits per heavy atom. The molecule has 31 heavy (non-hydrogen) atoms. The lowest BCUT2D eigenvalue weighted by molar-refractivity contribution is -0.138. The molecule has 2 aliphatic heterocycles. The first-order valence-electron chi connectivity index (χ1n) is 10.6. The summed E-state index contributed by atoms with van der Waals surface area (Å²) in [6.45, 7) is 1.36. The van der Waals surface area contributed by atoms with Gasteiger partial charge in [-0.2, -0.15) is 0 Å². The van der Waals surface area contributed by atoms with Crippen LogP contribution in [0.4, 0.5) is 11.4 Å². The summed E-state index contributed by atoms with van der Waals surface area (Å²) in [5, 5.41) is 2.94. The zero-order valence-corrected chi connectivity index (χ0v) is 17.6. The van der Waals surface area contributed by atoms with Gasteiger partial charge in [0.2, 0.25) is 17.7 Å². The van der Waals surface area contributed by atoms with Gasteiger partial charge in [0.15, 0.2) is 0 Å². The van der Waals surface area contributed by atoms with Gasteiger partial charge >= 0.3 is 0 Å². The number of amides is 3. The molecule has 0 aliphatic carbocycles. The number of ether oxygens (including phenoxy) is 1. The monoisotopic (exact) mass is 421 g/mol. The van der Waals surface area contributed by atoms with Crippen LogP contribution in [0.5, 0.6) is 5.75 Å². The van der Waals surface area contributed by atoms with Crippen LogP contribution in [-0.2, 0) is 14.4 Å². The number of anilines is 2. The second-order valence-electron chi connectivity index (χ2n) is 8.09. The quantitative estimate of drug-likeness (QED) is 0.805. The van der Waals surface area contributed by atoms with Crippen LogP contribution >= 0.6 is 0 Å². The number of nitrogens with one attached hydrogen (secondary N) is 1. The molecule has 4 rings (SSSR count). The lowest BCUT2D eigenvalue weighted by atomic mass is 9.95. The second kappa shape index (κ2) is 9.20. The number of hydrogen-bond donors (Lipinski definition) is 1. The summed E-state index contributed by atoms with van der Waals surface area (Å²) in [5.74, 6) is -0.148. The fourth-order valence-electron chi connectivity index (χ4n) is 4.32. The molecule has 2 saturated heterocycles. The van der Waals surface area contributed by atoms with E-state index in [1.54, 1.807) is 23.0 Å². The first-order chi connectivity index (χ1) is 15.0. The van der Waals surface area contributed by atoms with E-state index in [1.165, 1.54) is 0 Å². The number of rotatable bonds is 5. The lowest BCUT2D eigenvalue weighted by Gasteiger charge is -2.33. The third-order valence-corrected chi connectivity index (χ3v) is 5.98. The Hall–Kier alpha value is -3.35. The molecule has 2 fully saturated rings. The van der Waals surface area contributed by atoms with Gasteiger partial charge in [0.25, 0.3) is 0 Å². The molecule has 7 nitrogen and oxygen atoms in total. The van der Waals surface area contributed by atoms with Crippen molar-refractivity contribution in [3.8, 4) is 5.75 Å². The SMILES string of the molecule is COc1cccc(N2C[C@@H](C(=O)N3CCC[C@H](C(=O)Nc4ccccc4)C3)CC2=O)c1. The summed E-state index contributed by atoms with van der Waals surface area (Å²) in [6.07, 6.45) is 1.72.